The van der Waals surface area contributed by atoms with Gasteiger partial charge in [-0.05, 0) is 48.8 Å². The lowest BCUT2D eigenvalue weighted by Gasteiger charge is -2.15. The lowest BCUT2D eigenvalue weighted by Crippen LogP contribution is -2.11. The van der Waals surface area contributed by atoms with Crippen molar-refractivity contribution < 1.29 is 5.11 Å². The van der Waals surface area contributed by atoms with Crippen LogP contribution in [0.5, 0.6) is 0 Å². The van der Waals surface area contributed by atoms with E-state index < -0.39 is 6.10 Å². The number of thiophene rings is 1. The smallest absolute Gasteiger partial charge is 0.131 e. The first-order valence-electron chi connectivity index (χ1n) is 5.48. The molecule has 2 rings (SSSR count). The molecule has 3 nitrogen and oxygen atoms in total. The van der Waals surface area contributed by atoms with Gasteiger partial charge in [-0.15, -0.1) is 11.3 Å². The number of rotatable bonds is 3. The third kappa shape index (κ3) is 2.46. The van der Waals surface area contributed by atoms with E-state index in [1.807, 2.05) is 23.7 Å². The quantitative estimate of drug-likeness (QED) is 0.938. The summed E-state index contributed by atoms with van der Waals surface area (Å²) >= 11 is 5.06. The molecule has 0 aliphatic heterocycles. The predicted molar refractivity (Wildman–Crippen MR) is 73.4 cm³/mol. The van der Waals surface area contributed by atoms with E-state index >= 15 is 0 Å². The minimum absolute atomic E-state index is 0.229. The molecule has 2 heterocycles. The Labute approximate surface area is 113 Å². The molecule has 5 heteroatoms. The SMILES string of the molecule is Cc1ccc(C(O)c2c(Br)cnn2C(C)C)s1. The van der Waals surface area contributed by atoms with Gasteiger partial charge in [-0.3, -0.25) is 4.68 Å². The number of halogens is 1. The Morgan fingerprint density at radius 1 is 1.41 bits per heavy atom. The highest BCUT2D eigenvalue weighted by molar-refractivity contribution is 9.10. The molecule has 0 aliphatic carbocycles. The molecule has 0 spiro atoms. The maximum absolute atomic E-state index is 10.4. The van der Waals surface area contributed by atoms with E-state index in [1.54, 1.807) is 17.5 Å². The standard InChI is InChI=1S/C12H15BrN2OS/c1-7(2)15-11(9(13)6-14-15)12(16)10-5-4-8(3)17-10/h4-7,12,16H,1-3H3. The van der Waals surface area contributed by atoms with E-state index in [0.717, 1.165) is 15.0 Å². The molecule has 0 aliphatic rings. The zero-order valence-electron chi connectivity index (χ0n) is 10.0. The van der Waals surface area contributed by atoms with Crippen LogP contribution in [-0.4, -0.2) is 14.9 Å². The molecule has 0 radical (unpaired) electrons. The maximum atomic E-state index is 10.4. The van der Waals surface area contributed by atoms with Crippen molar-refractivity contribution in [1.29, 1.82) is 0 Å². The van der Waals surface area contributed by atoms with Crippen LogP contribution in [0.1, 0.15) is 41.4 Å². The van der Waals surface area contributed by atoms with Gasteiger partial charge in [0.05, 0.1) is 16.4 Å². The normalized spacial score (nSPS) is 13.3. The molecular weight excluding hydrogens is 300 g/mol. The molecule has 17 heavy (non-hydrogen) atoms. The van der Waals surface area contributed by atoms with Gasteiger partial charge in [-0.1, -0.05) is 0 Å². The summed E-state index contributed by atoms with van der Waals surface area (Å²) in [6.07, 6.45) is 1.12. The molecule has 1 N–H and O–H groups in total. The van der Waals surface area contributed by atoms with Crippen molar-refractivity contribution in [3.63, 3.8) is 0 Å². The van der Waals surface area contributed by atoms with Crippen LogP contribution < -0.4 is 0 Å². The van der Waals surface area contributed by atoms with Crippen LogP contribution in [-0.2, 0) is 0 Å². The van der Waals surface area contributed by atoms with Crippen LogP contribution in [0.15, 0.2) is 22.8 Å². The molecule has 92 valence electrons. The summed E-state index contributed by atoms with van der Waals surface area (Å²) in [5.74, 6) is 0. The van der Waals surface area contributed by atoms with Crippen LogP contribution in [0.2, 0.25) is 0 Å². The van der Waals surface area contributed by atoms with Gasteiger partial charge in [-0.2, -0.15) is 5.10 Å². The molecule has 0 bridgehead atoms. The molecular formula is C12H15BrN2OS. The Hall–Kier alpha value is -0.650. The summed E-state index contributed by atoms with van der Waals surface area (Å²) in [5.41, 5.74) is 0.821. The highest BCUT2D eigenvalue weighted by atomic mass is 79.9. The van der Waals surface area contributed by atoms with Gasteiger partial charge in [0, 0.05) is 15.8 Å². The molecule has 1 unspecified atom stereocenters. The van der Waals surface area contributed by atoms with Crippen molar-refractivity contribution in [1.82, 2.24) is 9.78 Å². The highest BCUT2D eigenvalue weighted by Crippen LogP contribution is 2.33. The lowest BCUT2D eigenvalue weighted by atomic mass is 10.2. The largest absolute Gasteiger partial charge is 0.381 e. The number of aryl methyl sites for hydroxylation is 1. The van der Waals surface area contributed by atoms with Gasteiger partial charge in [0.15, 0.2) is 0 Å². The van der Waals surface area contributed by atoms with Crippen LogP contribution >= 0.6 is 27.3 Å². The van der Waals surface area contributed by atoms with Gasteiger partial charge in [0.2, 0.25) is 0 Å². The molecule has 2 aromatic heterocycles. The summed E-state index contributed by atoms with van der Waals surface area (Å²) in [5, 5.41) is 14.7. The maximum Gasteiger partial charge on any atom is 0.131 e. The van der Waals surface area contributed by atoms with E-state index in [-0.39, 0.29) is 6.04 Å². The average Bonchev–Trinajstić information content (AvgIpc) is 2.83. The highest BCUT2D eigenvalue weighted by Gasteiger charge is 2.21. The van der Waals surface area contributed by atoms with Crippen molar-refractivity contribution in [2.75, 3.05) is 0 Å². The number of aliphatic hydroxyl groups is 1. The molecule has 0 aromatic carbocycles. The molecule has 0 saturated carbocycles. The zero-order valence-corrected chi connectivity index (χ0v) is 12.4. The molecule has 1 atom stereocenters. The Morgan fingerprint density at radius 2 is 2.12 bits per heavy atom. The average molecular weight is 315 g/mol. The lowest BCUT2D eigenvalue weighted by molar-refractivity contribution is 0.208. The second-order valence-corrected chi connectivity index (χ2v) is 6.44. The van der Waals surface area contributed by atoms with Crippen LogP contribution in [0.25, 0.3) is 0 Å². The Morgan fingerprint density at radius 3 is 2.65 bits per heavy atom. The van der Waals surface area contributed by atoms with E-state index in [2.05, 4.69) is 34.9 Å². The molecule has 0 saturated heterocycles. The van der Waals surface area contributed by atoms with Crippen LogP contribution in [0, 0.1) is 6.92 Å². The van der Waals surface area contributed by atoms with Crippen molar-refractivity contribution in [2.45, 2.75) is 32.9 Å². The Bertz CT molecular complexity index is 518. The van der Waals surface area contributed by atoms with Crippen molar-refractivity contribution in [3.8, 4) is 0 Å². The fourth-order valence-corrected chi connectivity index (χ4v) is 3.11. The first kappa shape index (κ1) is 12.8. The number of nitrogens with zero attached hydrogens (tertiary/aromatic N) is 2. The third-order valence-corrected chi connectivity index (χ3v) is 4.23. The fraction of sp³-hybridized carbons (Fsp3) is 0.417. The fourth-order valence-electron chi connectivity index (χ4n) is 1.75. The summed E-state index contributed by atoms with van der Waals surface area (Å²) in [7, 11) is 0. The second kappa shape index (κ2) is 4.92. The van der Waals surface area contributed by atoms with E-state index in [1.165, 1.54) is 4.88 Å². The van der Waals surface area contributed by atoms with Gasteiger partial charge in [-0.25, -0.2) is 0 Å². The summed E-state index contributed by atoms with van der Waals surface area (Å²) in [4.78, 5) is 2.15. The van der Waals surface area contributed by atoms with Crippen molar-refractivity contribution in [3.05, 3.63) is 38.3 Å². The summed E-state index contributed by atoms with van der Waals surface area (Å²) in [6, 6.07) is 4.22. The number of aromatic nitrogens is 2. The van der Waals surface area contributed by atoms with E-state index in [4.69, 9.17) is 0 Å². The summed E-state index contributed by atoms with van der Waals surface area (Å²) < 4.78 is 2.70. The second-order valence-electron chi connectivity index (χ2n) is 4.27. The first-order valence-corrected chi connectivity index (χ1v) is 7.09. The van der Waals surface area contributed by atoms with Crippen LogP contribution in [0.4, 0.5) is 0 Å². The van der Waals surface area contributed by atoms with Gasteiger partial charge < -0.3 is 5.11 Å². The Kier molecular flexibility index (Phi) is 3.70. The number of aliphatic hydroxyl groups excluding tert-OH is 1. The van der Waals surface area contributed by atoms with Gasteiger partial charge in [0.25, 0.3) is 0 Å². The predicted octanol–water partition coefficient (Wildman–Crippen LogP) is 3.68. The molecule has 2 aromatic rings. The first-order chi connectivity index (χ1) is 8.00. The van der Waals surface area contributed by atoms with Crippen LogP contribution in [0.3, 0.4) is 0 Å². The Balaban J connectivity index is 2.43. The minimum Gasteiger partial charge on any atom is -0.381 e. The minimum atomic E-state index is -0.618. The monoisotopic (exact) mass is 314 g/mol. The number of hydrogen-bond acceptors (Lipinski definition) is 3. The van der Waals surface area contributed by atoms with E-state index in [9.17, 15) is 5.11 Å². The third-order valence-electron chi connectivity index (χ3n) is 2.57. The molecule has 0 amide bonds. The topological polar surface area (TPSA) is 38.1 Å². The summed E-state index contributed by atoms with van der Waals surface area (Å²) in [6.45, 7) is 6.14. The van der Waals surface area contributed by atoms with Crippen molar-refractivity contribution >= 4 is 27.3 Å². The number of hydrogen-bond donors (Lipinski definition) is 1. The molecule has 0 fully saturated rings. The van der Waals surface area contributed by atoms with E-state index in [0.29, 0.717) is 0 Å². The van der Waals surface area contributed by atoms with Gasteiger partial charge in [0.1, 0.15) is 6.10 Å². The van der Waals surface area contributed by atoms with Gasteiger partial charge >= 0.3 is 0 Å². The van der Waals surface area contributed by atoms with Crippen molar-refractivity contribution in [2.24, 2.45) is 0 Å². The zero-order chi connectivity index (χ0) is 12.6.